The summed E-state index contributed by atoms with van der Waals surface area (Å²) >= 11 is 0. The van der Waals surface area contributed by atoms with Crippen molar-refractivity contribution in [2.24, 2.45) is 0 Å². The van der Waals surface area contributed by atoms with Crippen LogP contribution in [0.5, 0.6) is 0 Å². The van der Waals surface area contributed by atoms with E-state index in [9.17, 15) is 4.79 Å². The highest BCUT2D eigenvalue weighted by Crippen LogP contribution is 2.21. The second kappa shape index (κ2) is 9.37. The number of anilines is 1. The molecule has 2 aromatic carbocycles. The van der Waals surface area contributed by atoms with Gasteiger partial charge in [-0.05, 0) is 36.1 Å². The number of benzene rings is 2. The van der Waals surface area contributed by atoms with E-state index < -0.39 is 0 Å². The van der Waals surface area contributed by atoms with Gasteiger partial charge in [-0.1, -0.05) is 55.4 Å². The van der Waals surface area contributed by atoms with Gasteiger partial charge >= 0.3 is 0 Å². The molecule has 29 heavy (non-hydrogen) atoms. The molecule has 6 nitrogen and oxygen atoms in total. The van der Waals surface area contributed by atoms with Crippen LogP contribution in [0.3, 0.4) is 0 Å². The maximum atomic E-state index is 11.6. The Morgan fingerprint density at radius 2 is 1.93 bits per heavy atom. The van der Waals surface area contributed by atoms with E-state index in [2.05, 4.69) is 41.4 Å². The number of rotatable bonds is 8. The predicted octanol–water partition coefficient (Wildman–Crippen LogP) is 4.84. The third kappa shape index (κ3) is 5.44. The smallest absolute Gasteiger partial charge is 0.246 e. The Balaban J connectivity index is 1.62. The molecule has 0 fully saturated rings. The molecule has 0 aliphatic rings. The first-order valence-electron chi connectivity index (χ1n) is 9.97. The quantitative estimate of drug-likeness (QED) is 0.594. The van der Waals surface area contributed by atoms with E-state index in [1.807, 2.05) is 43.3 Å². The van der Waals surface area contributed by atoms with Crippen LogP contribution in [-0.4, -0.2) is 27.5 Å². The van der Waals surface area contributed by atoms with E-state index in [0.717, 1.165) is 16.8 Å². The van der Waals surface area contributed by atoms with Crippen LogP contribution in [0.2, 0.25) is 0 Å². The Kier molecular flexibility index (Phi) is 6.65. The molecule has 3 aromatic rings. The summed E-state index contributed by atoms with van der Waals surface area (Å²) in [4.78, 5) is 17.9. The van der Waals surface area contributed by atoms with Crippen LogP contribution in [0.15, 0.2) is 53.1 Å². The molecule has 1 amide bonds. The molecule has 3 rings (SSSR count). The minimum absolute atomic E-state index is 0.0747. The lowest BCUT2D eigenvalue weighted by Gasteiger charge is -2.19. The number of nitrogens with one attached hydrogen (secondary N) is 1. The number of nitrogens with zero attached hydrogens (tertiary/aromatic N) is 3. The summed E-state index contributed by atoms with van der Waals surface area (Å²) in [5.74, 6) is 1.68. The van der Waals surface area contributed by atoms with E-state index in [1.54, 1.807) is 11.8 Å². The van der Waals surface area contributed by atoms with Crippen LogP contribution < -0.4 is 5.32 Å². The molecule has 0 spiro atoms. The van der Waals surface area contributed by atoms with Crippen molar-refractivity contribution >= 4 is 11.6 Å². The first-order valence-corrected chi connectivity index (χ1v) is 9.97. The van der Waals surface area contributed by atoms with Crippen molar-refractivity contribution in [3.05, 3.63) is 65.5 Å². The second-order valence-corrected chi connectivity index (χ2v) is 7.38. The zero-order valence-electron chi connectivity index (χ0n) is 17.5. The average Bonchev–Trinajstić information content (AvgIpc) is 3.19. The molecule has 0 atom stereocenters. The molecule has 1 N–H and O–H groups in total. The molecule has 6 heteroatoms. The van der Waals surface area contributed by atoms with Gasteiger partial charge in [0.25, 0.3) is 0 Å². The fraction of sp³-hybridized carbons (Fsp3) is 0.348. The van der Waals surface area contributed by atoms with Gasteiger partial charge in [0.2, 0.25) is 17.6 Å². The molecule has 0 aliphatic carbocycles. The number of carbonyl (C=O) groups is 1. The molecule has 1 heterocycles. The van der Waals surface area contributed by atoms with Crippen molar-refractivity contribution in [3.63, 3.8) is 0 Å². The Hall–Kier alpha value is -3.15. The molecule has 0 bridgehead atoms. The van der Waals surface area contributed by atoms with Crippen molar-refractivity contribution in [2.45, 2.75) is 46.7 Å². The summed E-state index contributed by atoms with van der Waals surface area (Å²) in [7, 11) is 0. The molecular weight excluding hydrogens is 364 g/mol. The molecule has 0 saturated carbocycles. The lowest BCUT2D eigenvalue weighted by Crippen LogP contribution is -2.27. The summed E-state index contributed by atoms with van der Waals surface area (Å²) in [6.45, 7) is 9.63. The highest BCUT2D eigenvalue weighted by atomic mass is 16.5. The number of hydrogen-bond donors (Lipinski definition) is 1. The third-order valence-electron chi connectivity index (χ3n) is 4.87. The van der Waals surface area contributed by atoms with Gasteiger partial charge in [-0.3, -0.25) is 4.79 Å². The van der Waals surface area contributed by atoms with E-state index in [4.69, 9.17) is 4.52 Å². The predicted molar refractivity (Wildman–Crippen MR) is 114 cm³/mol. The van der Waals surface area contributed by atoms with Crippen molar-refractivity contribution in [1.29, 1.82) is 0 Å². The summed E-state index contributed by atoms with van der Waals surface area (Å²) in [5, 5.41) is 7.40. The summed E-state index contributed by atoms with van der Waals surface area (Å²) in [5.41, 5.74) is 4.24. The minimum atomic E-state index is 0.0747. The van der Waals surface area contributed by atoms with Crippen LogP contribution in [0, 0.1) is 0 Å². The fourth-order valence-corrected chi connectivity index (χ4v) is 3.08. The van der Waals surface area contributed by atoms with Crippen LogP contribution in [0.25, 0.3) is 11.4 Å². The summed E-state index contributed by atoms with van der Waals surface area (Å²) in [6, 6.07) is 16.2. The highest BCUT2D eigenvalue weighted by Gasteiger charge is 2.10. The van der Waals surface area contributed by atoms with Crippen LogP contribution in [0.1, 0.15) is 50.6 Å². The van der Waals surface area contributed by atoms with Crippen molar-refractivity contribution in [2.75, 3.05) is 11.9 Å². The third-order valence-corrected chi connectivity index (χ3v) is 4.87. The van der Waals surface area contributed by atoms with Gasteiger partial charge in [0.05, 0.1) is 6.54 Å². The lowest BCUT2D eigenvalue weighted by molar-refractivity contribution is -0.129. The van der Waals surface area contributed by atoms with Crippen molar-refractivity contribution in [3.8, 4) is 11.4 Å². The molecule has 152 valence electrons. The van der Waals surface area contributed by atoms with Gasteiger partial charge in [0, 0.05) is 31.3 Å². The largest absolute Gasteiger partial charge is 0.376 e. The average molecular weight is 393 g/mol. The van der Waals surface area contributed by atoms with Gasteiger partial charge in [0.15, 0.2) is 0 Å². The Labute approximate surface area is 171 Å². The van der Waals surface area contributed by atoms with Gasteiger partial charge in [-0.15, -0.1) is 0 Å². The van der Waals surface area contributed by atoms with E-state index in [0.29, 0.717) is 37.3 Å². The first kappa shape index (κ1) is 20.6. The Morgan fingerprint density at radius 1 is 1.17 bits per heavy atom. The Bertz CT molecular complexity index is 948. The van der Waals surface area contributed by atoms with Crippen LogP contribution in [0.4, 0.5) is 5.69 Å². The highest BCUT2D eigenvalue weighted by molar-refractivity contribution is 5.73. The standard InChI is InChI=1S/C23H28N4O2/c1-5-27(17(4)28)15-18-7-6-8-21(13-18)24-14-22-25-23(26-29-22)20-11-9-19(10-12-20)16(2)3/h6-13,16,24H,5,14-15H2,1-4H3. The van der Waals surface area contributed by atoms with Crippen molar-refractivity contribution in [1.82, 2.24) is 15.0 Å². The van der Waals surface area contributed by atoms with Crippen LogP contribution >= 0.6 is 0 Å². The van der Waals surface area contributed by atoms with E-state index in [-0.39, 0.29) is 5.91 Å². The Morgan fingerprint density at radius 3 is 2.59 bits per heavy atom. The summed E-state index contributed by atoms with van der Waals surface area (Å²) < 4.78 is 5.39. The van der Waals surface area contributed by atoms with E-state index in [1.165, 1.54) is 5.56 Å². The zero-order valence-corrected chi connectivity index (χ0v) is 17.5. The maximum absolute atomic E-state index is 11.6. The number of carbonyl (C=O) groups excluding carboxylic acids is 1. The molecule has 0 unspecified atom stereocenters. The molecular formula is C23H28N4O2. The maximum Gasteiger partial charge on any atom is 0.246 e. The van der Waals surface area contributed by atoms with E-state index >= 15 is 0 Å². The van der Waals surface area contributed by atoms with Crippen LogP contribution in [-0.2, 0) is 17.9 Å². The van der Waals surface area contributed by atoms with Crippen molar-refractivity contribution < 1.29 is 9.32 Å². The SMILES string of the molecule is CCN(Cc1cccc(NCc2nc(-c3ccc(C(C)C)cc3)no2)c1)C(C)=O. The monoisotopic (exact) mass is 392 g/mol. The molecule has 0 radical (unpaired) electrons. The first-order chi connectivity index (χ1) is 14.0. The van der Waals surface area contributed by atoms with Gasteiger partial charge in [-0.25, -0.2) is 0 Å². The molecule has 0 saturated heterocycles. The number of amides is 1. The number of aromatic nitrogens is 2. The normalized spacial score (nSPS) is 10.9. The molecule has 0 aliphatic heterocycles. The lowest BCUT2D eigenvalue weighted by atomic mass is 10.0. The zero-order chi connectivity index (χ0) is 20.8. The minimum Gasteiger partial charge on any atom is -0.376 e. The van der Waals surface area contributed by atoms with Gasteiger partial charge in [-0.2, -0.15) is 4.98 Å². The topological polar surface area (TPSA) is 71.3 Å². The van der Waals surface area contributed by atoms with Gasteiger partial charge in [0.1, 0.15) is 0 Å². The fourth-order valence-electron chi connectivity index (χ4n) is 3.08. The molecule has 1 aromatic heterocycles. The van der Waals surface area contributed by atoms with Gasteiger partial charge < -0.3 is 14.7 Å². The summed E-state index contributed by atoms with van der Waals surface area (Å²) in [6.07, 6.45) is 0. The second-order valence-electron chi connectivity index (χ2n) is 7.38. The number of hydrogen-bond acceptors (Lipinski definition) is 5.